The topological polar surface area (TPSA) is 100 Å². The zero-order valence-electron chi connectivity index (χ0n) is 16.7. The molecule has 0 saturated carbocycles. The number of nitrogens with one attached hydrogen (secondary N) is 2. The van der Waals surface area contributed by atoms with Crippen LogP contribution in [0.4, 0.5) is 0 Å². The molecule has 2 aromatic heterocycles. The number of thiophene rings is 1. The summed E-state index contributed by atoms with van der Waals surface area (Å²) in [4.78, 5) is 13.6. The van der Waals surface area contributed by atoms with Crippen molar-refractivity contribution in [1.82, 2.24) is 24.4 Å². The lowest BCUT2D eigenvalue weighted by Crippen LogP contribution is -2.30. The summed E-state index contributed by atoms with van der Waals surface area (Å²) in [6.07, 6.45) is 0. The number of sulfonamides is 1. The van der Waals surface area contributed by atoms with Gasteiger partial charge in [-0.25, -0.2) is 8.42 Å². The largest absolute Gasteiger partial charge is 0.350 e. The Morgan fingerprint density at radius 3 is 2.53 bits per heavy atom. The van der Waals surface area contributed by atoms with Crippen LogP contribution < -0.4 is 5.32 Å². The molecule has 1 aromatic carbocycles. The van der Waals surface area contributed by atoms with Crippen molar-refractivity contribution in [2.45, 2.75) is 31.8 Å². The van der Waals surface area contributed by atoms with Gasteiger partial charge >= 0.3 is 0 Å². The number of hydrogen-bond acceptors (Lipinski definition) is 6. The maximum absolute atomic E-state index is 12.5. The zero-order chi connectivity index (χ0) is 21.7. The SMILES string of the molecule is CCN(CC)S(=O)(=O)c1ccc(CNC(=O)Cn2c(-c3cccs3)n[nH]c2=S)cc1. The molecule has 0 atom stereocenters. The van der Waals surface area contributed by atoms with Gasteiger partial charge in [0, 0.05) is 19.6 Å². The van der Waals surface area contributed by atoms with Gasteiger partial charge in [-0.05, 0) is 41.4 Å². The first-order chi connectivity index (χ1) is 14.4. The molecular formula is C19H23N5O3S3. The van der Waals surface area contributed by atoms with Crippen LogP contribution in [0.2, 0.25) is 0 Å². The van der Waals surface area contributed by atoms with Crippen molar-refractivity contribution in [3.8, 4) is 10.7 Å². The summed E-state index contributed by atoms with van der Waals surface area (Å²) in [5, 5.41) is 11.7. The maximum Gasteiger partial charge on any atom is 0.243 e. The standard InChI is InChI=1S/C19H23N5O3S3/c1-3-23(4-2)30(26,27)15-9-7-14(8-10-15)12-20-17(25)13-24-18(21-22-19(24)28)16-6-5-11-29-16/h5-11H,3-4,12-13H2,1-2H3,(H,20,25)(H,22,28). The monoisotopic (exact) mass is 465 g/mol. The van der Waals surface area contributed by atoms with Gasteiger partial charge in [0.2, 0.25) is 15.9 Å². The molecule has 30 heavy (non-hydrogen) atoms. The second kappa shape index (κ2) is 9.65. The summed E-state index contributed by atoms with van der Waals surface area (Å²) in [6, 6.07) is 10.4. The molecule has 11 heteroatoms. The van der Waals surface area contributed by atoms with Crippen molar-refractivity contribution in [2.75, 3.05) is 13.1 Å². The number of carbonyl (C=O) groups is 1. The van der Waals surface area contributed by atoms with E-state index in [0.29, 0.717) is 23.7 Å². The molecule has 8 nitrogen and oxygen atoms in total. The average molecular weight is 466 g/mol. The molecule has 0 spiro atoms. The molecule has 0 unspecified atom stereocenters. The number of carbonyl (C=O) groups excluding carboxylic acids is 1. The smallest absolute Gasteiger partial charge is 0.243 e. The van der Waals surface area contributed by atoms with Crippen LogP contribution in [0, 0.1) is 4.77 Å². The van der Waals surface area contributed by atoms with Crippen LogP contribution in [0.15, 0.2) is 46.7 Å². The van der Waals surface area contributed by atoms with Crippen LogP contribution in [-0.4, -0.2) is 46.5 Å². The molecule has 3 aromatic rings. The van der Waals surface area contributed by atoms with Crippen molar-refractivity contribution in [3.05, 3.63) is 52.1 Å². The van der Waals surface area contributed by atoms with Crippen LogP contribution in [-0.2, 0) is 27.9 Å². The van der Waals surface area contributed by atoms with Crippen LogP contribution in [0.1, 0.15) is 19.4 Å². The van der Waals surface area contributed by atoms with E-state index in [2.05, 4.69) is 15.5 Å². The summed E-state index contributed by atoms with van der Waals surface area (Å²) in [7, 11) is -3.49. The van der Waals surface area contributed by atoms with E-state index in [4.69, 9.17) is 12.2 Å². The number of hydrogen-bond donors (Lipinski definition) is 2. The summed E-state index contributed by atoms with van der Waals surface area (Å²) in [6.45, 7) is 4.77. The van der Waals surface area contributed by atoms with Crippen LogP contribution in [0.5, 0.6) is 0 Å². The second-order valence-electron chi connectivity index (χ2n) is 6.43. The van der Waals surface area contributed by atoms with E-state index in [1.165, 1.54) is 15.6 Å². The van der Waals surface area contributed by atoms with Crippen molar-refractivity contribution >= 4 is 39.5 Å². The fraction of sp³-hybridized carbons (Fsp3) is 0.316. The number of aromatic amines is 1. The van der Waals surface area contributed by atoms with Crippen molar-refractivity contribution < 1.29 is 13.2 Å². The highest BCUT2D eigenvalue weighted by Gasteiger charge is 2.21. The first-order valence-corrected chi connectivity index (χ1v) is 12.1. The second-order valence-corrected chi connectivity index (χ2v) is 9.70. The van der Waals surface area contributed by atoms with E-state index < -0.39 is 10.0 Å². The van der Waals surface area contributed by atoms with E-state index in [0.717, 1.165) is 10.4 Å². The Bertz CT molecular complexity index is 1140. The zero-order valence-corrected chi connectivity index (χ0v) is 19.1. The molecule has 0 saturated heterocycles. The summed E-state index contributed by atoms with van der Waals surface area (Å²) >= 11 is 6.76. The lowest BCUT2D eigenvalue weighted by atomic mass is 10.2. The third kappa shape index (κ3) is 4.86. The van der Waals surface area contributed by atoms with Crippen molar-refractivity contribution in [1.29, 1.82) is 0 Å². The van der Waals surface area contributed by atoms with Gasteiger partial charge in [0.05, 0.1) is 9.77 Å². The molecule has 160 valence electrons. The highest BCUT2D eigenvalue weighted by Crippen LogP contribution is 2.22. The molecule has 3 rings (SSSR count). The molecule has 0 aliphatic heterocycles. The van der Waals surface area contributed by atoms with E-state index >= 15 is 0 Å². The van der Waals surface area contributed by atoms with Gasteiger partial charge in [0.25, 0.3) is 0 Å². The third-order valence-corrected chi connectivity index (χ3v) is 7.80. The van der Waals surface area contributed by atoms with E-state index in [1.54, 1.807) is 42.7 Å². The van der Waals surface area contributed by atoms with E-state index in [-0.39, 0.29) is 23.9 Å². The fourth-order valence-corrected chi connectivity index (χ4v) is 5.33. The summed E-state index contributed by atoms with van der Waals surface area (Å²) in [5.41, 5.74) is 0.802. The quantitative estimate of drug-likeness (QED) is 0.473. The van der Waals surface area contributed by atoms with Crippen LogP contribution >= 0.6 is 23.6 Å². The minimum absolute atomic E-state index is 0.0387. The Labute approximate surface area is 184 Å². The molecule has 1 amide bonds. The maximum atomic E-state index is 12.5. The van der Waals surface area contributed by atoms with Gasteiger partial charge < -0.3 is 5.32 Å². The number of nitrogens with zero attached hydrogens (tertiary/aromatic N) is 3. The summed E-state index contributed by atoms with van der Waals surface area (Å²) in [5.74, 6) is 0.404. The number of amides is 1. The minimum atomic E-state index is -3.49. The lowest BCUT2D eigenvalue weighted by Gasteiger charge is -2.18. The first-order valence-electron chi connectivity index (χ1n) is 9.41. The minimum Gasteiger partial charge on any atom is -0.350 e. The Morgan fingerprint density at radius 2 is 1.93 bits per heavy atom. The van der Waals surface area contributed by atoms with Crippen LogP contribution in [0.25, 0.3) is 10.7 Å². The number of aromatic nitrogens is 3. The molecule has 0 aliphatic carbocycles. The average Bonchev–Trinajstić information content (AvgIpc) is 3.38. The number of H-pyrrole nitrogens is 1. The molecule has 2 heterocycles. The fourth-order valence-electron chi connectivity index (χ4n) is 2.95. The van der Waals surface area contributed by atoms with Crippen molar-refractivity contribution in [3.63, 3.8) is 0 Å². The predicted molar refractivity (Wildman–Crippen MR) is 119 cm³/mol. The van der Waals surface area contributed by atoms with Crippen molar-refractivity contribution in [2.24, 2.45) is 0 Å². The Kier molecular flexibility index (Phi) is 7.19. The third-order valence-electron chi connectivity index (χ3n) is 4.56. The Morgan fingerprint density at radius 1 is 1.23 bits per heavy atom. The molecular weight excluding hydrogens is 442 g/mol. The molecule has 0 radical (unpaired) electrons. The van der Waals surface area contributed by atoms with Gasteiger partial charge in [-0.3, -0.25) is 14.5 Å². The predicted octanol–water partition coefficient (Wildman–Crippen LogP) is 3.02. The Balaban J connectivity index is 1.64. The van der Waals surface area contributed by atoms with Gasteiger partial charge in [0.1, 0.15) is 6.54 Å². The first kappa shape index (κ1) is 22.3. The molecule has 0 bridgehead atoms. The normalized spacial score (nSPS) is 11.7. The van der Waals surface area contributed by atoms with E-state index in [9.17, 15) is 13.2 Å². The highest BCUT2D eigenvalue weighted by molar-refractivity contribution is 7.89. The Hall–Kier alpha value is -2.34. The van der Waals surface area contributed by atoms with Gasteiger partial charge in [-0.15, -0.1) is 11.3 Å². The lowest BCUT2D eigenvalue weighted by molar-refractivity contribution is -0.121. The highest BCUT2D eigenvalue weighted by atomic mass is 32.2. The number of rotatable bonds is 9. The van der Waals surface area contributed by atoms with Crippen LogP contribution in [0.3, 0.4) is 0 Å². The molecule has 2 N–H and O–H groups in total. The van der Waals surface area contributed by atoms with Gasteiger partial charge in [0.15, 0.2) is 10.6 Å². The van der Waals surface area contributed by atoms with E-state index in [1.807, 2.05) is 17.5 Å². The van der Waals surface area contributed by atoms with Gasteiger partial charge in [-0.1, -0.05) is 32.0 Å². The molecule has 0 fully saturated rings. The molecule has 0 aliphatic rings. The number of benzene rings is 1. The summed E-state index contributed by atoms with van der Waals surface area (Å²) < 4.78 is 28.5. The van der Waals surface area contributed by atoms with Gasteiger partial charge in [-0.2, -0.15) is 9.40 Å².